The summed E-state index contributed by atoms with van der Waals surface area (Å²) < 4.78 is 27.7. The zero-order valence-electron chi connectivity index (χ0n) is 13.6. The molecular formula is C16H26ClNO3S. The maximum atomic E-state index is 12.5. The van der Waals surface area contributed by atoms with Crippen molar-refractivity contribution >= 4 is 21.6 Å². The van der Waals surface area contributed by atoms with E-state index in [-0.39, 0.29) is 16.2 Å². The van der Waals surface area contributed by atoms with Crippen LogP contribution in [0.2, 0.25) is 0 Å². The standard InChI is InChI=1S/C16H26ClNO3S/c1-5-16(4,19)13(3)15(11-12(2)17)18-22(20,21)14-9-7-6-8-10-14/h6-10,12-13,15,18-19H,5,11H2,1-4H3/t12?,13-,15?,16-/m0/s1. The molecule has 22 heavy (non-hydrogen) atoms. The van der Waals surface area contributed by atoms with Gasteiger partial charge in [0.15, 0.2) is 0 Å². The van der Waals surface area contributed by atoms with Crippen molar-refractivity contribution in [2.24, 2.45) is 5.92 Å². The number of rotatable bonds is 8. The number of sulfonamides is 1. The van der Waals surface area contributed by atoms with Crippen molar-refractivity contribution in [2.45, 2.75) is 62.5 Å². The Balaban J connectivity index is 3.04. The topological polar surface area (TPSA) is 66.4 Å². The van der Waals surface area contributed by atoms with Gasteiger partial charge >= 0.3 is 0 Å². The molecule has 4 atom stereocenters. The Morgan fingerprint density at radius 3 is 2.27 bits per heavy atom. The van der Waals surface area contributed by atoms with Gasteiger partial charge in [-0.1, -0.05) is 32.0 Å². The van der Waals surface area contributed by atoms with Gasteiger partial charge in [0.2, 0.25) is 10.0 Å². The molecule has 0 spiro atoms. The van der Waals surface area contributed by atoms with Gasteiger partial charge in [0.25, 0.3) is 0 Å². The lowest BCUT2D eigenvalue weighted by atomic mass is 9.81. The first kappa shape index (κ1) is 19.4. The van der Waals surface area contributed by atoms with Crippen LogP contribution < -0.4 is 4.72 Å². The third-order valence-electron chi connectivity index (χ3n) is 4.24. The van der Waals surface area contributed by atoms with E-state index in [4.69, 9.17) is 11.6 Å². The quantitative estimate of drug-likeness (QED) is 0.710. The minimum Gasteiger partial charge on any atom is -0.390 e. The summed E-state index contributed by atoms with van der Waals surface area (Å²) >= 11 is 6.07. The summed E-state index contributed by atoms with van der Waals surface area (Å²) in [5.74, 6) is -0.266. The summed E-state index contributed by atoms with van der Waals surface area (Å²) in [6, 6.07) is 7.78. The Hall–Kier alpha value is -0.620. The maximum Gasteiger partial charge on any atom is 0.240 e. The zero-order valence-corrected chi connectivity index (χ0v) is 15.2. The van der Waals surface area contributed by atoms with Crippen LogP contribution in [-0.4, -0.2) is 30.5 Å². The number of aliphatic hydroxyl groups is 1. The van der Waals surface area contributed by atoms with Gasteiger partial charge in [-0.15, -0.1) is 11.6 Å². The molecule has 0 aliphatic heterocycles. The molecule has 0 aromatic heterocycles. The molecule has 0 saturated carbocycles. The first-order chi connectivity index (χ1) is 10.1. The van der Waals surface area contributed by atoms with Gasteiger partial charge in [-0.2, -0.15) is 0 Å². The normalized spacial score (nSPS) is 19.2. The summed E-state index contributed by atoms with van der Waals surface area (Å²) in [7, 11) is -3.64. The Labute approximate surface area is 138 Å². The van der Waals surface area contributed by atoms with Gasteiger partial charge in [0.1, 0.15) is 0 Å². The highest BCUT2D eigenvalue weighted by Crippen LogP contribution is 2.28. The van der Waals surface area contributed by atoms with Gasteiger partial charge in [-0.05, 0) is 38.8 Å². The Morgan fingerprint density at radius 2 is 1.82 bits per heavy atom. The lowest BCUT2D eigenvalue weighted by Gasteiger charge is -2.36. The molecule has 0 heterocycles. The van der Waals surface area contributed by atoms with Crippen LogP contribution in [0.25, 0.3) is 0 Å². The van der Waals surface area contributed by atoms with Crippen LogP contribution in [0, 0.1) is 5.92 Å². The fraction of sp³-hybridized carbons (Fsp3) is 0.625. The first-order valence-electron chi connectivity index (χ1n) is 7.54. The molecule has 0 aliphatic carbocycles. The molecular weight excluding hydrogens is 322 g/mol. The molecule has 6 heteroatoms. The third-order valence-corrected chi connectivity index (χ3v) is 5.92. The minimum absolute atomic E-state index is 0.196. The maximum absolute atomic E-state index is 12.5. The summed E-state index contributed by atoms with van der Waals surface area (Å²) in [5, 5.41) is 10.3. The van der Waals surface area contributed by atoms with Gasteiger partial charge in [-0.3, -0.25) is 0 Å². The van der Waals surface area contributed by atoms with Crippen molar-refractivity contribution in [3.05, 3.63) is 30.3 Å². The predicted octanol–water partition coefficient (Wildman–Crippen LogP) is 3.15. The van der Waals surface area contributed by atoms with Crippen LogP contribution in [0.3, 0.4) is 0 Å². The van der Waals surface area contributed by atoms with E-state index in [0.29, 0.717) is 12.8 Å². The average Bonchev–Trinajstić information content (AvgIpc) is 2.46. The molecule has 1 rings (SSSR count). The van der Waals surface area contributed by atoms with E-state index in [1.807, 2.05) is 20.8 Å². The van der Waals surface area contributed by atoms with Gasteiger partial charge in [0.05, 0.1) is 10.5 Å². The van der Waals surface area contributed by atoms with E-state index in [9.17, 15) is 13.5 Å². The number of halogens is 1. The summed E-state index contributed by atoms with van der Waals surface area (Å²) in [4.78, 5) is 0.213. The van der Waals surface area contributed by atoms with E-state index in [0.717, 1.165) is 0 Å². The Kier molecular flexibility index (Phi) is 6.86. The first-order valence-corrected chi connectivity index (χ1v) is 9.46. The largest absolute Gasteiger partial charge is 0.390 e. The lowest BCUT2D eigenvalue weighted by Crippen LogP contribution is -2.49. The van der Waals surface area contributed by atoms with Crippen molar-refractivity contribution in [1.29, 1.82) is 0 Å². The van der Waals surface area contributed by atoms with Crippen LogP contribution >= 0.6 is 11.6 Å². The van der Waals surface area contributed by atoms with Crippen molar-refractivity contribution < 1.29 is 13.5 Å². The molecule has 0 amide bonds. The molecule has 0 fully saturated rings. The van der Waals surface area contributed by atoms with Crippen LogP contribution in [0.4, 0.5) is 0 Å². The molecule has 1 aromatic carbocycles. The molecule has 1 aromatic rings. The highest BCUT2D eigenvalue weighted by atomic mass is 35.5. The summed E-state index contributed by atoms with van der Waals surface area (Å²) in [5.41, 5.74) is -0.963. The highest BCUT2D eigenvalue weighted by Gasteiger charge is 2.35. The number of hydrogen-bond donors (Lipinski definition) is 2. The van der Waals surface area contributed by atoms with Crippen molar-refractivity contribution in [2.75, 3.05) is 0 Å². The van der Waals surface area contributed by atoms with E-state index in [1.54, 1.807) is 37.3 Å². The van der Waals surface area contributed by atoms with E-state index in [1.165, 1.54) is 0 Å². The summed E-state index contributed by atoms with van der Waals surface area (Å²) in [6.07, 6.45) is 0.985. The van der Waals surface area contributed by atoms with Crippen LogP contribution in [0.1, 0.15) is 40.5 Å². The average molecular weight is 348 g/mol. The molecule has 0 aliphatic rings. The smallest absolute Gasteiger partial charge is 0.240 e. The van der Waals surface area contributed by atoms with Crippen LogP contribution in [0.15, 0.2) is 35.2 Å². The zero-order chi connectivity index (χ0) is 17.0. The monoisotopic (exact) mass is 347 g/mol. The second-order valence-corrected chi connectivity index (χ2v) is 8.52. The molecule has 0 bridgehead atoms. The minimum atomic E-state index is -3.64. The predicted molar refractivity (Wildman–Crippen MR) is 90.6 cm³/mol. The molecule has 4 nitrogen and oxygen atoms in total. The van der Waals surface area contributed by atoms with Gasteiger partial charge < -0.3 is 5.11 Å². The van der Waals surface area contributed by atoms with Gasteiger partial charge in [0, 0.05) is 17.3 Å². The van der Waals surface area contributed by atoms with Crippen molar-refractivity contribution in [1.82, 2.24) is 4.72 Å². The molecule has 0 saturated heterocycles. The second kappa shape index (κ2) is 7.77. The molecule has 0 radical (unpaired) electrons. The van der Waals surface area contributed by atoms with Crippen LogP contribution in [0.5, 0.6) is 0 Å². The number of alkyl halides is 1. The molecule has 2 unspecified atom stereocenters. The molecule has 2 N–H and O–H groups in total. The third kappa shape index (κ3) is 5.23. The Morgan fingerprint density at radius 1 is 1.27 bits per heavy atom. The lowest BCUT2D eigenvalue weighted by molar-refractivity contribution is -0.0105. The fourth-order valence-electron chi connectivity index (χ4n) is 2.33. The van der Waals surface area contributed by atoms with E-state index >= 15 is 0 Å². The number of benzene rings is 1. The second-order valence-electron chi connectivity index (χ2n) is 6.06. The highest BCUT2D eigenvalue weighted by molar-refractivity contribution is 7.89. The Bertz CT molecular complexity index is 558. The SMILES string of the molecule is CC[C@](C)(O)[C@@H](C)C(CC(C)Cl)NS(=O)(=O)c1ccccc1. The number of hydrogen-bond acceptors (Lipinski definition) is 3. The van der Waals surface area contributed by atoms with Gasteiger partial charge in [-0.25, -0.2) is 13.1 Å². The van der Waals surface area contributed by atoms with Crippen LogP contribution in [-0.2, 0) is 10.0 Å². The van der Waals surface area contributed by atoms with E-state index in [2.05, 4.69) is 4.72 Å². The van der Waals surface area contributed by atoms with Crippen molar-refractivity contribution in [3.63, 3.8) is 0 Å². The number of nitrogens with one attached hydrogen (secondary N) is 1. The summed E-state index contributed by atoms with van der Waals surface area (Å²) in [6.45, 7) is 7.27. The van der Waals surface area contributed by atoms with E-state index < -0.39 is 21.7 Å². The molecule has 126 valence electrons. The fourth-order valence-corrected chi connectivity index (χ4v) is 3.87. The van der Waals surface area contributed by atoms with Crippen molar-refractivity contribution in [3.8, 4) is 0 Å².